The van der Waals surface area contributed by atoms with Crippen molar-refractivity contribution in [2.24, 2.45) is 0 Å². The van der Waals surface area contributed by atoms with Gasteiger partial charge < -0.3 is 4.74 Å². The lowest BCUT2D eigenvalue weighted by molar-refractivity contribution is 0.0526. The predicted octanol–water partition coefficient (Wildman–Crippen LogP) is 2.83. The summed E-state index contributed by atoms with van der Waals surface area (Å²) < 4.78 is 4.84. The lowest BCUT2D eigenvalue weighted by Gasteiger charge is -2.05. The molecule has 0 saturated carbocycles. The van der Waals surface area contributed by atoms with Gasteiger partial charge in [0, 0.05) is 0 Å². The molecule has 0 amide bonds. The highest BCUT2D eigenvalue weighted by atomic mass is 35.5. The Morgan fingerprint density at radius 1 is 1.54 bits per heavy atom. The minimum absolute atomic E-state index is 0.364. The second kappa shape index (κ2) is 4.28. The van der Waals surface area contributed by atoms with Gasteiger partial charge in [-0.05, 0) is 25.5 Å². The zero-order valence-corrected chi connectivity index (χ0v) is 8.39. The largest absolute Gasteiger partial charge is 0.462 e. The van der Waals surface area contributed by atoms with E-state index in [4.69, 9.17) is 16.3 Å². The van der Waals surface area contributed by atoms with Crippen molar-refractivity contribution in [1.29, 1.82) is 0 Å². The maximum atomic E-state index is 11.3. The van der Waals surface area contributed by atoms with Crippen LogP contribution in [-0.4, -0.2) is 12.6 Å². The summed E-state index contributed by atoms with van der Waals surface area (Å²) in [5, 5.41) is 0.473. The van der Waals surface area contributed by atoms with E-state index >= 15 is 0 Å². The van der Waals surface area contributed by atoms with Crippen LogP contribution in [0.2, 0.25) is 5.02 Å². The van der Waals surface area contributed by atoms with Crippen molar-refractivity contribution < 1.29 is 9.53 Å². The highest BCUT2D eigenvalue weighted by Crippen LogP contribution is 2.20. The van der Waals surface area contributed by atoms with E-state index in [0.717, 1.165) is 5.56 Å². The van der Waals surface area contributed by atoms with E-state index in [9.17, 15) is 4.79 Å². The Morgan fingerprint density at radius 2 is 2.23 bits per heavy atom. The maximum absolute atomic E-state index is 11.3. The van der Waals surface area contributed by atoms with E-state index in [1.54, 1.807) is 19.1 Å². The smallest absolute Gasteiger partial charge is 0.339 e. The fraction of sp³-hybridized carbons (Fsp3) is 0.300. The van der Waals surface area contributed by atoms with Crippen LogP contribution in [0.5, 0.6) is 0 Å². The molecule has 0 aliphatic carbocycles. The zero-order valence-electron chi connectivity index (χ0n) is 7.63. The number of ether oxygens (including phenoxy) is 1. The molecular formula is C10H11ClO2. The standard InChI is InChI=1S/C10H11ClO2/c1-3-13-10(12)8-6-4-5-7(2)9(8)11/h4-6H,3H2,1-2H3. The van der Waals surface area contributed by atoms with Gasteiger partial charge in [-0.15, -0.1) is 0 Å². The maximum Gasteiger partial charge on any atom is 0.339 e. The molecular weight excluding hydrogens is 188 g/mol. The second-order valence-electron chi connectivity index (χ2n) is 2.66. The fourth-order valence-corrected chi connectivity index (χ4v) is 1.22. The Hall–Kier alpha value is -1.02. The first kappa shape index (κ1) is 10.1. The third-order valence-electron chi connectivity index (χ3n) is 1.69. The van der Waals surface area contributed by atoms with Crippen molar-refractivity contribution in [2.45, 2.75) is 13.8 Å². The molecule has 1 aromatic rings. The number of carbonyl (C=O) groups is 1. The molecule has 0 aliphatic heterocycles. The number of aryl methyl sites for hydroxylation is 1. The van der Waals surface area contributed by atoms with Crippen molar-refractivity contribution in [3.05, 3.63) is 34.3 Å². The monoisotopic (exact) mass is 198 g/mol. The Labute approximate surface area is 82.5 Å². The summed E-state index contributed by atoms with van der Waals surface area (Å²) in [5.74, 6) is -0.365. The Bertz CT molecular complexity index is 321. The molecule has 3 heteroatoms. The van der Waals surface area contributed by atoms with Gasteiger partial charge in [-0.3, -0.25) is 0 Å². The van der Waals surface area contributed by atoms with E-state index in [1.807, 2.05) is 13.0 Å². The first-order valence-electron chi connectivity index (χ1n) is 4.09. The van der Waals surface area contributed by atoms with Gasteiger partial charge in [0.15, 0.2) is 0 Å². The van der Waals surface area contributed by atoms with Crippen LogP contribution in [0.3, 0.4) is 0 Å². The summed E-state index contributed by atoms with van der Waals surface area (Å²) in [6.07, 6.45) is 0. The molecule has 0 N–H and O–H groups in total. The zero-order chi connectivity index (χ0) is 9.84. The van der Waals surface area contributed by atoms with Crippen LogP contribution in [-0.2, 0) is 4.74 Å². The number of carbonyl (C=O) groups excluding carboxylic acids is 1. The summed E-state index contributed by atoms with van der Waals surface area (Å²) >= 11 is 5.92. The third kappa shape index (κ3) is 2.22. The van der Waals surface area contributed by atoms with Gasteiger partial charge in [0.2, 0.25) is 0 Å². The van der Waals surface area contributed by atoms with Gasteiger partial charge in [-0.2, -0.15) is 0 Å². The van der Waals surface area contributed by atoms with Crippen molar-refractivity contribution in [3.63, 3.8) is 0 Å². The molecule has 0 radical (unpaired) electrons. The molecule has 2 nitrogen and oxygen atoms in total. The van der Waals surface area contributed by atoms with Gasteiger partial charge >= 0.3 is 5.97 Å². The number of hydrogen-bond donors (Lipinski definition) is 0. The average Bonchev–Trinajstić information content (AvgIpc) is 2.10. The molecule has 0 unspecified atom stereocenters. The molecule has 0 aromatic heterocycles. The van der Waals surface area contributed by atoms with Gasteiger partial charge in [0.25, 0.3) is 0 Å². The van der Waals surface area contributed by atoms with Gasteiger partial charge in [-0.25, -0.2) is 4.79 Å². The molecule has 1 aromatic carbocycles. The Kier molecular flexibility index (Phi) is 3.32. The molecule has 0 aliphatic rings. The quantitative estimate of drug-likeness (QED) is 0.684. The third-order valence-corrected chi connectivity index (χ3v) is 2.19. The fourth-order valence-electron chi connectivity index (χ4n) is 1.01. The summed E-state index contributed by atoms with van der Waals surface area (Å²) in [5.41, 5.74) is 1.32. The molecule has 1 rings (SSSR count). The predicted molar refractivity (Wildman–Crippen MR) is 52.1 cm³/mol. The summed E-state index contributed by atoms with van der Waals surface area (Å²) in [4.78, 5) is 11.3. The van der Waals surface area contributed by atoms with Crippen LogP contribution in [0.4, 0.5) is 0 Å². The van der Waals surface area contributed by atoms with Crippen molar-refractivity contribution in [1.82, 2.24) is 0 Å². The van der Waals surface area contributed by atoms with E-state index in [0.29, 0.717) is 17.2 Å². The SMILES string of the molecule is CCOC(=O)c1cccc(C)c1Cl. The number of halogens is 1. The van der Waals surface area contributed by atoms with E-state index in [-0.39, 0.29) is 5.97 Å². The number of esters is 1. The van der Waals surface area contributed by atoms with Gasteiger partial charge in [-0.1, -0.05) is 23.7 Å². The van der Waals surface area contributed by atoms with Crippen molar-refractivity contribution in [3.8, 4) is 0 Å². The summed E-state index contributed by atoms with van der Waals surface area (Å²) in [6.45, 7) is 3.98. The highest BCUT2D eigenvalue weighted by molar-refractivity contribution is 6.34. The van der Waals surface area contributed by atoms with Gasteiger partial charge in [0.1, 0.15) is 0 Å². The normalized spacial score (nSPS) is 9.77. The summed E-state index contributed by atoms with van der Waals surface area (Å²) in [7, 11) is 0. The number of rotatable bonds is 2. The molecule has 0 atom stereocenters. The van der Waals surface area contributed by atoms with Crippen LogP contribution in [0, 0.1) is 6.92 Å². The van der Waals surface area contributed by atoms with Crippen LogP contribution >= 0.6 is 11.6 Å². The van der Waals surface area contributed by atoms with E-state index < -0.39 is 0 Å². The molecule has 13 heavy (non-hydrogen) atoms. The first-order chi connectivity index (χ1) is 6.16. The van der Waals surface area contributed by atoms with Crippen LogP contribution in [0.1, 0.15) is 22.8 Å². The molecule has 0 heterocycles. The Balaban J connectivity index is 3.01. The van der Waals surface area contributed by atoms with Crippen LogP contribution in [0.25, 0.3) is 0 Å². The lowest BCUT2D eigenvalue weighted by Crippen LogP contribution is -2.05. The first-order valence-corrected chi connectivity index (χ1v) is 4.46. The van der Waals surface area contributed by atoms with Crippen molar-refractivity contribution in [2.75, 3.05) is 6.61 Å². The van der Waals surface area contributed by atoms with Gasteiger partial charge in [0.05, 0.1) is 17.2 Å². The molecule has 0 bridgehead atoms. The number of benzene rings is 1. The van der Waals surface area contributed by atoms with Crippen LogP contribution in [0.15, 0.2) is 18.2 Å². The van der Waals surface area contributed by atoms with Crippen LogP contribution < -0.4 is 0 Å². The Morgan fingerprint density at radius 3 is 2.85 bits per heavy atom. The molecule has 0 spiro atoms. The minimum Gasteiger partial charge on any atom is -0.462 e. The average molecular weight is 199 g/mol. The lowest BCUT2D eigenvalue weighted by atomic mass is 10.1. The minimum atomic E-state index is -0.365. The molecule has 70 valence electrons. The van der Waals surface area contributed by atoms with E-state index in [2.05, 4.69) is 0 Å². The van der Waals surface area contributed by atoms with E-state index in [1.165, 1.54) is 0 Å². The highest BCUT2D eigenvalue weighted by Gasteiger charge is 2.11. The topological polar surface area (TPSA) is 26.3 Å². The van der Waals surface area contributed by atoms with Crippen molar-refractivity contribution >= 4 is 17.6 Å². The number of hydrogen-bond acceptors (Lipinski definition) is 2. The molecule has 0 saturated heterocycles. The second-order valence-corrected chi connectivity index (χ2v) is 3.03. The summed E-state index contributed by atoms with van der Waals surface area (Å²) in [6, 6.07) is 5.30. The molecule has 0 fully saturated rings.